The van der Waals surface area contributed by atoms with E-state index in [-0.39, 0.29) is 34.4 Å². The molecule has 1 aromatic heterocycles. The van der Waals surface area contributed by atoms with E-state index in [2.05, 4.69) is 15.3 Å². The predicted octanol–water partition coefficient (Wildman–Crippen LogP) is 2.85. The van der Waals surface area contributed by atoms with Gasteiger partial charge in [0.05, 0.1) is 17.2 Å². The third kappa shape index (κ3) is 4.01. The van der Waals surface area contributed by atoms with Gasteiger partial charge in [-0.1, -0.05) is 11.6 Å². The first-order chi connectivity index (χ1) is 13.8. The molecule has 1 aliphatic rings. The Morgan fingerprint density at radius 2 is 2.17 bits per heavy atom. The van der Waals surface area contributed by atoms with Gasteiger partial charge in [0.1, 0.15) is 30.0 Å². The number of nitriles is 1. The number of amides is 1. The number of rotatable bonds is 4. The van der Waals surface area contributed by atoms with Crippen molar-refractivity contribution in [2.24, 2.45) is 10.7 Å². The van der Waals surface area contributed by atoms with Crippen LogP contribution < -0.4 is 11.1 Å². The predicted molar refractivity (Wildman–Crippen MR) is 98.4 cm³/mol. The lowest BCUT2D eigenvalue weighted by molar-refractivity contribution is -0.0145. The van der Waals surface area contributed by atoms with Gasteiger partial charge in [0.2, 0.25) is 0 Å². The first-order valence-electron chi connectivity index (χ1n) is 8.14. The van der Waals surface area contributed by atoms with Crippen molar-refractivity contribution in [3.8, 4) is 6.07 Å². The Hall–Kier alpha value is -3.16. The Balaban J connectivity index is 1.96. The lowest BCUT2D eigenvalue weighted by Gasteiger charge is -2.33. The van der Waals surface area contributed by atoms with Gasteiger partial charge in [0.15, 0.2) is 5.54 Å². The number of halogens is 4. The van der Waals surface area contributed by atoms with Crippen molar-refractivity contribution in [2.75, 3.05) is 18.5 Å². The van der Waals surface area contributed by atoms with E-state index in [4.69, 9.17) is 27.3 Å². The fourth-order valence-electron chi connectivity index (χ4n) is 2.79. The van der Waals surface area contributed by atoms with Crippen LogP contribution in [-0.2, 0) is 10.3 Å². The molecule has 1 aliphatic heterocycles. The maximum Gasteiger partial charge on any atom is 0.275 e. The summed E-state index contributed by atoms with van der Waals surface area (Å²) in [4.78, 5) is 20.0. The standard InChI is InChI=1S/C18H13ClF3N5O2/c19-12-3-9(5-23)6-25-15(12)16(28)26-10-1-2-13(20)11(4-10)18(17(21)22)8-29-7-14(24)27-18/h1-4,6,17H,7-8H2,(H2,24,27)(H,26,28)/t18-/m0/s1. The molecule has 1 amide bonds. The van der Waals surface area contributed by atoms with Crippen LogP contribution in [0.25, 0.3) is 0 Å². The second-order valence-corrected chi connectivity index (χ2v) is 6.54. The van der Waals surface area contributed by atoms with Crippen LogP contribution in [0.5, 0.6) is 0 Å². The van der Waals surface area contributed by atoms with Gasteiger partial charge < -0.3 is 15.8 Å². The Morgan fingerprint density at radius 3 is 2.79 bits per heavy atom. The number of nitrogens with zero attached hydrogens (tertiary/aromatic N) is 3. The van der Waals surface area contributed by atoms with Crippen molar-refractivity contribution in [2.45, 2.75) is 12.0 Å². The molecule has 0 unspecified atom stereocenters. The largest absolute Gasteiger partial charge is 0.385 e. The lowest BCUT2D eigenvalue weighted by atomic mass is 9.90. The molecule has 0 bridgehead atoms. The molecule has 0 aliphatic carbocycles. The van der Waals surface area contributed by atoms with E-state index < -0.39 is 35.9 Å². The number of ether oxygens (including phenoxy) is 1. The zero-order valence-corrected chi connectivity index (χ0v) is 15.4. The van der Waals surface area contributed by atoms with Crippen molar-refractivity contribution >= 4 is 29.0 Å². The molecule has 0 saturated heterocycles. The molecule has 0 saturated carbocycles. The molecule has 29 heavy (non-hydrogen) atoms. The first-order valence-corrected chi connectivity index (χ1v) is 8.51. The van der Waals surface area contributed by atoms with E-state index in [1.54, 1.807) is 0 Å². The van der Waals surface area contributed by atoms with Crippen LogP contribution in [-0.4, -0.2) is 36.4 Å². The molecule has 2 heterocycles. The summed E-state index contributed by atoms with van der Waals surface area (Å²) in [5.74, 6) is -1.93. The van der Waals surface area contributed by atoms with E-state index in [0.717, 1.165) is 18.3 Å². The summed E-state index contributed by atoms with van der Waals surface area (Å²) < 4.78 is 47.2. The molecule has 1 atom stereocenters. The Kier molecular flexibility index (Phi) is 5.72. The fraction of sp³-hybridized carbons (Fsp3) is 0.222. The van der Waals surface area contributed by atoms with Crippen molar-refractivity contribution < 1.29 is 22.7 Å². The van der Waals surface area contributed by atoms with E-state index >= 15 is 0 Å². The Labute approximate surface area is 168 Å². The minimum Gasteiger partial charge on any atom is -0.385 e. The number of hydrogen-bond donors (Lipinski definition) is 2. The number of carbonyl (C=O) groups is 1. The molecule has 150 valence electrons. The van der Waals surface area contributed by atoms with E-state index in [0.29, 0.717) is 0 Å². The number of pyridine rings is 1. The van der Waals surface area contributed by atoms with Gasteiger partial charge in [-0.25, -0.2) is 18.2 Å². The quantitative estimate of drug-likeness (QED) is 0.785. The number of aromatic nitrogens is 1. The second-order valence-electron chi connectivity index (χ2n) is 6.14. The maximum absolute atomic E-state index is 14.4. The van der Waals surface area contributed by atoms with Crippen LogP contribution in [0, 0.1) is 17.1 Å². The third-order valence-electron chi connectivity index (χ3n) is 4.15. The minimum absolute atomic E-state index is 0.00740. The van der Waals surface area contributed by atoms with Crippen LogP contribution in [0.15, 0.2) is 35.5 Å². The van der Waals surface area contributed by atoms with Crippen LogP contribution in [0.3, 0.4) is 0 Å². The Bertz CT molecular complexity index is 1040. The van der Waals surface area contributed by atoms with Gasteiger partial charge in [-0.2, -0.15) is 5.26 Å². The number of benzene rings is 1. The molecule has 1 aromatic carbocycles. The van der Waals surface area contributed by atoms with Crippen molar-refractivity contribution in [1.82, 2.24) is 4.98 Å². The number of anilines is 1. The van der Waals surface area contributed by atoms with E-state index in [1.807, 2.05) is 6.07 Å². The number of alkyl halides is 2. The summed E-state index contributed by atoms with van der Waals surface area (Å²) in [6.07, 6.45) is -1.96. The molecule has 0 spiro atoms. The third-order valence-corrected chi connectivity index (χ3v) is 4.44. The number of amidine groups is 1. The number of hydrogen-bond acceptors (Lipinski definition) is 6. The van der Waals surface area contributed by atoms with Gasteiger partial charge in [-0.05, 0) is 24.3 Å². The topological polar surface area (TPSA) is 113 Å². The highest BCUT2D eigenvalue weighted by Crippen LogP contribution is 2.38. The van der Waals surface area contributed by atoms with Crippen molar-refractivity contribution in [1.29, 1.82) is 5.26 Å². The molecule has 3 N–H and O–H groups in total. The SMILES string of the molecule is N#Cc1cnc(C(=O)Nc2ccc(F)c([C@]3(C(F)F)COCC(N)=N3)c2)c(Cl)c1. The van der Waals surface area contributed by atoms with Crippen molar-refractivity contribution in [3.63, 3.8) is 0 Å². The number of nitrogens with two attached hydrogens (primary N) is 1. The maximum atomic E-state index is 14.4. The van der Waals surface area contributed by atoms with E-state index in [9.17, 15) is 18.0 Å². The van der Waals surface area contributed by atoms with Gasteiger partial charge in [-0.3, -0.25) is 9.79 Å². The first kappa shape index (κ1) is 20.6. The molecule has 0 fully saturated rings. The smallest absolute Gasteiger partial charge is 0.275 e. The van der Waals surface area contributed by atoms with Crippen LogP contribution in [0.1, 0.15) is 21.6 Å². The van der Waals surface area contributed by atoms with Crippen molar-refractivity contribution in [3.05, 3.63) is 58.1 Å². The summed E-state index contributed by atoms with van der Waals surface area (Å²) in [5, 5.41) is 11.2. The summed E-state index contributed by atoms with van der Waals surface area (Å²) >= 11 is 5.95. The molecular weight excluding hydrogens is 411 g/mol. The van der Waals surface area contributed by atoms with Gasteiger partial charge in [0.25, 0.3) is 12.3 Å². The zero-order valence-electron chi connectivity index (χ0n) is 14.6. The van der Waals surface area contributed by atoms with Gasteiger partial charge >= 0.3 is 0 Å². The molecule has 7 nitrogen and oxygen atoms in total. The number of carbonyl (C=O) groups excluding carboxylic acids is 1. The molecular formula is C18H13ClF3N5O2. The summed E-state index contributed by atoms with van der Waals surface area (Å²) in [6, 6.07) is 6.21. The highest BCUT2D eigenvalue weighted by atomic mass is 35.5. The lowest BCUT2D eigenvalue weighted by Crippen LogP contribution is -2.45. The molecule has 3 rings (SSSR count). The second kappa shape index (κ2) is 8.06. The molecule has 0 radical (unpaired) electrons. The molecule has 2 aromatic rings. The van der Waals surface area contributed by atoms with Gasteiger partial charge in [0, 0.05) is 17.4 Å². The normalized spacial score (nSPS) is 18.8. The van der Waals surface area contributed by atoms with E-state index in [1.165, 1.54) is 12.1 Å². The average Bonchev–Trinajstić information content (AvgIpc) is 2.68. The zero-order chi connectivity index (χ0) is 21.2. The fourth-order valence-corrected chi connectivity index (χ4v) is 3.04. The average molecular weight is 424 g/mol. The highest BCUT2D eigenvalue weighted by molar-refractivity contribution is 6.34. The van der Waals surface area contributed by atoms with Crippen LogP contribution >= 0.6 is 11.6 Å². The summed E-state index contributed by atoms with van der Waals surface area (Å²) in [7, 11) is 0. The van der Waals surface area contributed by atoms with Gasteiger partial charge in [-0.15, -0.1) is 0 Å². The molecule has 11 heteroatoms. The summed E-state index contributed by atoms with van der Waals surface area (Å²) in [5.41, 5.74) is 2.68. The Morgan fingerprint density at radius 1 is 1.41 bits per heavy atom. The van der Waals surface area contributed by atoms with Crippen LogP contribution in [0.2, 0.25) is 5.02 Å². The number of aliphatic imine (C=N–C) groups is 1. The minimum atomic E-state index is -3.11. The van der Waals surface area contributed by atoms with Crippen LogP contribution in [0.4, 0.5) is 18.9 Å². The highest BCUT2D eigenvalue weighted by Gasteiger charge is 2.46. The monoisotopic (exact) mass is 423 g/mol. The summed E-state index contributed by atoms with van der Waals surface area (Å²) in [6.45, 7) is -0.724. The number of nitrogens with one attached hydrogen (secondary N) is 1.